The maximum atomic E-state index is 12.5. The average Bonchev–Trinajstić information content (AvgIpc) is 3.09. The standard InChI is InChI=1S/C17H25N3O3S.ClH/c1-2-9-24(22,23)20-14-7-5-13(6-8-14)19-17(21)15-11-3-4-12(10-11)16(15)18;/h5-8,11-12,15-16,20H,2-4,9-10,18H2,1H3,(H,19,21);1H. The Hall–Kier alpha value is -1.31. The maximum absolute atomic E-state index is 12.5. The van der Waals surface area contributed by atoms with Crippen LogP contribution in [-0.2, 0) is 14.8 Å². The molecule has 2 bridgehead atoms. The predicted molar refractivity (Wildman–Crippen MR) is 102 cm³/mol. The van der Waals surface area contributed by atoms with Crippen molar-refractivity contribution in [3.63, 3.8) is 0 Å². The van der Waals surface area contributed by atoms with Gasteiger partial charge in [0, 0.05) is 17.4 Å². The molecule has 1 amide bonds. The topological polar surface area (TPSA) is 101 Å². The van der Waals surface area contributed by atoms with Crippen LogP contribution < -0.4 is 15.8 Å². The minimum Gasteiger partial charge on any atom is -0.327 e. The molecule has 4 atom stereocenters. The summed E-state index contributed by atoms with van der Waals surface area (Å²) in [6.45, 7) is 1.82. The first-order valence-electron chi connectivity index (χ1n) is 8.56. The van der Waals surface area contributed by atoms with E-state index in [1.165, 1.54) is 0 Å². The summed E-state index contributed by atoms with van der Waals surface area (Å²) >= 11 is 0. The maximum Gasteiger partial charge on any atom is 0.232 e. The Balaban J connectivity index is 0.00000225. The summed E-state index contributed by atoms with van der Waals surface area (Å²) in [7, 11) is -3.30. The molecule has 2 aliphatic rings. The molecule has 8 heteroatoms. The summed E-state index contributed by atoms with van der Waals surface area (Å²) in [5.74, 6) is 0.861. The van der Waals surface area contributed by atoms with Gasteiger partial charge in [0.1, 0.15) is 0 Å². The molecule has 2 fully saturated rings. The lowest BCUT2D eigenvalue weighted by Gasteiger charge is -2.27. The quantitative estimate of drug-likeness (QED) is 0.698. The zero-order valence-corrected chi connectivity index (χ0v) is 15.9. The monoisotopic (exact) mass is 387 g/mol. The van der Waals surface area contributed by atoms with Gasteiger partial charge in [-0.3, -0.25) is 9.52 Å². The first kappa shape index (κ1) is 20.0. The highest BCUT2D eigenvalue weighted by molar-refractivity contribution is 7.92. The number of fused-ring (bicyclic) bond motifs is 2. The van der Waals surface area contributed by atoms with Crippen molar-refractivity contribution in [2.75, 3.05) is 15.8 Å². The SMILES string of the molecule is CCCS(=O)(=O)Nc1ccc(NC(=O)C2C3CCC(C3)C2N)cc1.Cl. The van der Waals surface area contributed by atoms with Crippen LogP contribution in [0.4, 0.5) is 11.4 Å². The lowest BCUT2D eigenvalue weighted by atomic mass is 9.84. The Morgan fingerprint density at radius 2 is 1.76 bits per heavy atom. The van der Waals surface area contributed by atoms with E-state index in [9.17, 15) is 13.2 Å². The van der Waals surface area contributed by atoms with E-state index in [4.69, 9.17) is 5.73 Å². The molecule has 2 saturated carbocycles. The Bertz CT molecular complexity index is 706. The Morgan fingerprint density at radius 3 is 2.32 bits per heavy atom. The summed E-state index contributed by atoms with van der Waals surface area (Å²) in [5, 5.41) is 2.92. The van der Waals surface area contributed by atoms with Crippen LogP contribution in [0.3, 0.4) is 0 Å². The number of hydrogen-bond donors (Lipinski definition) is 3. The normalized spacial score (nSPS) is 27.6. The number of nitrogens with two attached hydrogens (primary N) is 1. The molecule has 4 N–H and O–H groups in total. The summed E-state index contributed by atoms with van der Waals surface area (Å²) < 4.78 is 26.0. The van der Waals surface area contributed by atoms with Crippen molar-refractivity contribution < 1.29 is 13.2 Å². The van der Waals surface area contributed by atoms with Gasteiger partial charge in [-0.05, 0) is 61.8 Å². The van der Waals surface area contributed by atoms with Crippen LogP contribution in [0.5, 0.6) is 0 Å². The molecule has 4 unspecified atom stereocenters. The van der Waals surface area contributed by atoms with E-state index in [0.717, 1.165) is 19.3 Å². The van der Waals surface area contributed by atoms with E-state index in [2.05, 4.69) is 10.0 Å². The first-order valence-corrected chi connectivity index (χ1v) is 10.2. The number of hydrogen-bond acceptors (Lipinski definition) is 4. The lowest BCUT2D eigenvalue weighted by Crippen LogP contribution is -2.42. The third kappa shape index (κ3) is 4.46. The molecular weight excluding hydrogens is 362 g/mol. The molecule has 3 rings (SSSR count). The van der Waals surface area contributed by atoms with Gasteiger partial charge < -0.3 is 11.1 Å². The molecule has 25 heavy (non-hydrogen) atoms. The van der Waals surface area contributed by atoms with Gasteiger partial charge in [-0.15, -0.1) is 12.4 Å². The molecule has 0 aliphatic heterocycles. The number of amides is 1. The van der Waals surface area contributed by atoms with Crippen LogP contribution in [0.1, 0.15) is 32.6 Å². The molecule has 1 aromatic rings. The van der Waals surface area contributed by atoms with Gasteiger partial charge in [0.05, 0.1) is 11.7 Å². The third-order valence-electron chi connectivity index (χ3n) is 5.18. The number of rotatable bonds is 6. The molecule has 0 spiro atoms. The predicted octanol–water partition coefficient (Wildman–Crippen LogP) is 2.57. The molecule has 140 valence electrons. The molecule has 0 saturated heterocycles. The van der Waals surface area contributed by atoms with Crippen LogP contribution in [0, 0.1) is 17.8 Å². The fourth-order valence-electron chi connectivity index (χ4n) is 4.07. The van der Waals surface area contributed by atoms with Crippen LogP contribution in [-0.4, -0.2) is 26.1 Å². The van der Waals surface area contributed by atoms with E-state index in [1.807, 2.05) is 6.92 Å². The number of nitrogens with one attached hydrogen (secondary N) is 2. The summed E-state index contributed by atoms with van der Waals surface area (Å²) in [6, 6.07) is 6.69. The Labute approximate surface area is 155 Å². The summed E-state index contributed by atoms with van der Waals surface area (Å²) in [5.41, 5.74) is 7.36. The largest absolute Gasteiger partial charge is 0.327 e. The molecular formula is C17H26ClN3O3S. The van der Waals surface area contributed by atoms with Crippen molar-refractivity contribution in [3.05, 3.63) is 24.3 Å². The fraction of sp³-hybridized carbons (Fsp3) is 0.588. The molecule has 1 aromatic carbocycles. The number of benzene rings is 1. The van der Waals surface area contributed by atoms with E-state index < -0.39 is 10.0 Å². The van der Waals surface area contributed by atoms with E-state index in [1.54, 1.807) is 24.3 Å². The fourth-order valence-corrected chi connectivity index (χ4v) is 5.21. The van der Waals surface area contributed by atoms with Crippen LogP contribution in [0.2, 0.25) is 0 Å². The van der Waals surface area contributed by atoms with Gasteiger partial charge in [0.15, 0.2) is 0 Å². The molecule has 0 aromatic heterocycles. The van der Waals surface area contributed by atoms with Gasteiger partial charge >= 0.3 is 0 Å². The second-order valence-corrected chi connectivity index (χ2v) is 8.77. The smallest absolute Gasteiger partial charge is 0.232 e. The number of halogens is 1. The van der Waals surface area contributed by atoms with Crippen molar-refractivity contribution in [1.29, 1.82) is 0 Å². The van der Waals surface area contributed by atoms with Crippen molar-refractivity contribution in [2.45, 2.75) is 38.6 Å². The number of carbonyl (C=O) groups is 1. The zero-order chi connectivity index (χ0) is 17.3. The van der Waals surface area contributed by atoms with Gasteiger partial charge in [-0.1, -0.05) is 6.92 Å². The highest BCUT2D eigenvalue weighted by atomic mass is 35.5. The van der Waals surface area contributed by atoms with Crippen molar-refractivity contribution in [1.82, 2.24) is 0 Å². The average molecular weight is 388 g/mol. The van der Waals surface area contributed by atoms with Crippen LogP contribution >= 0.6 is 12.4 Å². The summed E-state index contributed by atoms with van der Waals surface area (Å²) in [4.78, 5) is 12.5. The van der Waals surface area contributed by atoms with Gasteiger partial charge in [-0.2, -0.15) is 0 Å². The van der Waals surface area contributed by atoms with Gasteiger partial charge in [0.25, 0.3) is 0 Å². The minimum atomic E-state index is -3.30. The van der Waals surface area contributed by atoms with E-state index in [0.29, 0.717) is 29.6 Å². The minimum absolute atomic E-state index is 0. The molecule has 6 nitrogen and oxygen atoms in total. The lowest BCUT2D eigenvalue weighted by molar-refractivity contribution is -0.121. The van der Waals surface area contributed by atoms with Gasteiger partial charge in [0.2, 0.25) is 15.9 Å². The van der Waals surface area contributed by atoms with E-state index >= 15 is 0 Å². The third-order valence-corrected chi connectivity index (χ3v) is 6.67. The Morgan fingerprint density at radius 1 is 1.16 bits per heavy atom. The first-order chi connectivity index (χ1) is 11.4. The van der Waals surface area contributed by atoms with Crippen molar-refractivity contribution >= 4 is 39.7 Å². The van der Waals surface area contributed by atoms with Gasteiger partial charge in [-0.25, -0.2) is 8.42 Å². The zero-order valence-electron chi connectivity index (χ0n) is 14.3. The van der Waals surface area contributed by atoms with Crippen molar-refractivity contribution in [3.8, 4) is 0 Å². The van der Waals surface area contributed by atoms with E-state index in [-0.39, 0.29) is 36.0 Å². The highest BCUT2D eigenvalue weighted by Crippen LogP contribution is 2.47. The number of sulfonamides is 1. The second-order valence-electron chi connectivity index (χ2n) is 6.92. The second kappa shape index (κ2) is 7.93. The molecule has 0 radical (unpaired) electrons. The number of carbonyl (C=O) groups excluding carboxylic acids is 1. The van der Waals surface area contributed by atoms with Crippen LogP contribution in [0.15, 0.2) is 24.3 Å². The highest BCUT2D eigenvalue weighted by Gasteiger charge is 2.49. The van der Waals surface area contributed by atoms with Crippen LogP contribution in [0.25, 0.3) is 0 Å². The molecule has 0 heterocycles. The summed E-state index contributed by atoms with van der Waals surface area (Å²) in [6.07, 6.45) is 3.86. The Kier molecular flexibility index (Phi) is 6.35. The van der Waals surface area contributed by atoms with Crippen molar-refractivity contribution in [2.24, 2.45) is 23.5 Å². The molecule has 2 aliphatic carbocycles. The number of anilines is 2.